The van der Waals surface area contributed by atoms with E-state index >= 15 is 0 Å². The highest BCUT2D eigenvalue weighted by molar-refractivity contribution is 14.1. The molecule has 1 aromatic carbocycles. The van der Waals surface area contributed by atoms with E-state index in [1.54, 1.807) is 0 Å². The molecule has 3 unspecified atom stereocenters. The van der Waals surface area contributed by atoms with Gasteiger partial charge in [-0.05, 0) is 65.4 Å². The van der Waals surface area contributed by atoms with Crippen LogP contribution in [0.3, 0.4) is 0 Å². The fraction of sp³-hybridized carbons (Fsp3) is 0.667. The Balaban J connectivity index is 2.24. The largest absolute Gasteiger partial charge is 0.310 e. The molecule has 0 spiro atoms. The van der Waals surface area contributed by atoms with Gasteiger partial charge in [0.2, 0.25) is 0 Å². The van der Waals surface area contributed by atoms with E-state index in [0.717, 1.165) is 18.4 Å². The van der Waals surface area contributed by atoms with E-state index < -0.39 is 0 Å². The molecule has 1 aliphatic rings. The monoisotopic (exact) mass is 385 g/mol. The Labute approximate surface area is 138 Å². The van der Waals surface area contributed by atoms with Gasteiger partial charge in [-0.3, -0.25) is 0 Å². The molecule has 1 aliphatic carbocycles. The predicted octanol–water partition coefficient (Wildman–Crippen LogP) is 5.55. The number of hydrogen-bond donors (Lipinski definition) is 1. The maximum absolute atomic E-state index is 3.86. The second-order valence-corrected chi connectivity index (χ2v) is 7.23. The van der Waals surface area contributed by atoms with Crippen molar-refractivity contribution in [3.8, 4) is 0 Å². The molecule has 112 valence electrons. The molecular weight excluding hydrogens is 357 g/mol. The first-order valence-electron chi connectivity index (χ1n) is 8.25. The topological polar surface area (TPSA) is 12.0 Å². The van der Waals surface area contributed by atoms with Gasteiger partial charge in [0.15, 0.2) is 0 Å². The van der Waals surface area contributed by atoms with Crippen molar-refractivity contribution in [1.82, 2.24) is 5.32 Å². The minimum Gasteiger partial charge on any atom is -0.310 e. The van der Waals surface area contributed by atoms with Gasteiger partial charge in [0.1, 0.15) is 0 Å². The van der Waals surface area contributed by atoms with E-state index in [-0.39, 0.29) is 0 Å². The van der Waals surface area contributed by atoms with Crippen molar-refractivity contribution in [2.75, 3.05) is 6.54 Å². The van der Waals surface area contributed by atoms with Crippen molar-refractivity contribution >= 4 is 22.6 Å². The molecule has 0 aromatic heterocycles. The van der Waals surface area contributed by atoms with Crippen LogP contribution in [-0.2, 0) is 0 Å². The van der Waals surface area contributed by atoms with Crippen LogP contribution in [0.4, 0.5) is 0 Å². The van der Waals surface area contributed by atoms with Crippen LogP contribution in [0.15, 0.2) is 24.3 Å². The summed E-state index contributed by atoms with van der Waals surface area (Å²) in [4.78, 5) is 0. The lowest BCUT2D eigenvalue weighted by molar-refractivity contribution is 0.175. The lowest BCUT2D eigenvalue weighted by Gasteiger charge is -2.38. The van der Waals surface area contributed by atoms with Gasteiger partial charge >= 0.3 is 0 Å². The first-order valence-corrected chi connectivity index (χ1v) is 9.33. The Kier molecular flexibility index (Phi) is 6.82. The molecule has 3 atom stereocenters. The third kappa shape index (κ3) is 3.97. The predicted molar refractivity (Wildman–Crippen MR) is 95.9 cm³/mol. The van der Waals surface area contributed by atoms with Crippen LogP contribution in [0.25, 0.3) is 0 Å². The summed E-state index contributed by atoms with van der Waals surface area (Å²) in [6, 6.07) is 9.48. The number of halogens is 1. The van der Waals surface area contributed by atoms with E-state index in [0.29, 0.717) is 6.04 Å². The van der Waals surface area contributed by atoms with Crippen LogP contribution >= 0.6 is 22.6 Å². The summed E-state index contributed by atoms with van der Waals surface area (Å²) in [5.74, 6) is 1.71. The van der Waals surface area contributed by atoms with Crippen molar-refractivity contribution in [3.05, 3.63) is 33.4 Å². The highest BCUT2D eigenvalue weighted by Crippen LogP contribution is 2.41. The third-order valence-corrected chi connectivity index (χ3v) is 5.76. The summed E-state index contributed by atoms with van der Waals surface area (Å²) >= 11 is 2.50. The van der Waals surface area contributed by atoms with Gasteiger partial charge in [0.25, 0.3) is 0 Å². The van der Waals surface area contributed by atoms with Gasteiger partial charge in [0.05, 0.1) is 0 Å². The minimum absolute atomic E-state index is 0.549. The Hall–Kier alpha value is -0.0900. The van der Waals surface area contributed by atoms with Crippen LogP contribution in [0, 0.1) is 15.4 Å². The van der Waals surface area contributed by atoms with Crippen molar-refractivity contribution in [2.45, 2.75) is 58.4 Å². The zero-order chi connectivity index (χ0) is 14.4. The van der Waals surface area contributed by atoms with Crippen molar-refractivity contribution in [3.63, 3.8) is 0 Å². The molecule has 0 aliphatic heterocycles. The molecule has 0 bridgehead atoms. The smallest absolute Gasteiger partial charge is 0.0361 e. The van der Waals surface area contributed by atoms with Crippen molar-refractivity contribution in [1.29, 1.82) is 0 Å². The van der Waals surface area contributed by atoms with E-state index in [2.05, 4.69) is 66.0 Å². The molecule has 20 heavy (non-hydrogen) atoms. The molecule has 1 saturated carbocycles. The molecule has 1 N–H and O–H groups in total. The summed E-state index contributed by atoms with van der Waals surface area (Å²) in [5.41, 5.74) is 1.52. The number of rotatable bonds is 6. The Morgan fingerprint density at radius 2 is 1.95 bits per heavy atom. The van der Waals surface area contributed by atoms with Gasteiger partial charge in [-0.2, -0.15) is 0 Å². The highest BCUT2D eigenvalue weighted by Gasteiger charge is 2.32. The third-order valence-electron chi connectivity index (χ3n) is 4.77. The number of benzene rings is 1. The molecule has 1 nitrogen and oxygen atoms in total. The fourth-order valence-corrected chi connectivity index (χ4v) is 4.42. The quantitative estimate of drug-likeness (QED) is 0.634. The summed E-state index contributed by atoms with van der Waals surface area (Å²) in [6.07, 6.45) is 8.21. The summed E-state index contributed by atoms with van der Waals surface area (Å²) < 4.78 is 1.42. The van der Waals surface area contributed by atoms with E-state index in [1.807, 2.05) is 0 Å². The number of nitrogens with one attached hydrogen (secondary N) is 1. The molecule has 0 heterocycles. The maximum Gasteiger partial charge on any atom is 0.0361 e. The molecule has 2 heteroatoms. The standard InChI is InChI=1S/C18H28IN/c1-3-13-20-18(16-11-7-8-12-17(16)19)15-10-6-5-9-14(15)4-2/h7-8,11-12,14-15,18,20H,3-6,9-10,13H2,1-2H3. The Morgan fingerprint density at radius 3 is 2.65 bits per heavy atom. The van der Waals surface area contributed by atoms with Crippen LogP contribution in [-0.4, -0.2) is 6.54 Å². The van der Waals surface area contributed by atoms with Gasteiger partial charge in [-0.15, -0.1) is 0 Å². The zero-order valence-corrected chi connectivity index (χ0v) is 15.0. The molecule has 0 saturated heterocycles. The van der Waals surface area contributed by atoms with Crippen molar-refractivity contribution in [2.24, 2.45) is 11.8 Å². The summed E-state index contributed by atoms with van der Waals surface area (Å²) in [7, 11) is 0. The SMILES string of the molecule is CCCNC(c1ccccc1I)C1CCCCC1CC. The summed E-state index contributed by atoms with van der Waals surface area (Å²) in [6.45, 7) is 5.76. The molecule has 1 fully saturated rings. The normalized spacial score (nSPS) is 24.6. The van der Waals surface area contributed by atoms with Crippen LogP contribution in [0.5, 0.6) is 0 Å². The average Bonchev–Trinajstić information content (AvgIpc) is 2.49. The van der Waals surface area contributed by atoms with Crippen molar-refractivity contribution < 1.29 is 0 Å². The number of hydrogen-bond acceptors (Lipinski definition) is 1. The fourth-order valence-electron chi connectivity index (χ4n) is 3.70. The van der Waals surface area contributed by atoms with Crippen LogP contribution < -0.4 is 5.32 Å². The second kappa shape index (κ2) is 8.38. The lowest BCUT2D eigenvalue weighted by atomic mass is 9.72. The van der Waals surface area contributed by atoms with Gasteiger partial charge in [0, 0.05) is 9.61 Å². The molecule has 2 rings (SSSR count). The maximum atomic E-state index is 3.86. The molecule has 1 aromatic rings. The van der Waals surface area contributed by atoms with Gasteiger partial charge in [-0.1, -0.05) is 57.7 Å². The first kappa shape index (κ1) is 16.3. The van der Waals surface area contributed by atoms with Gasteiger partial charge in [-0.25, -0.2) is 0 Å². The lowest BCUT2D eigenvalue weighted by Crippen LogP contribution is -2.35. The second-order valence-electron chi connectivity index (χ2n) is 6.07. The molecular formula is C18H28IN. The van der Waals surface area contributed by atoms with E-state index in [4.69, 9.17) is 0 Å². The minimum atomic E-state index is 0.549. The van der Waals surface area contributed by atoms with E-state index in [9.17, 15) is 0 Å². The zero-order valence-electron chi connectivity index (χ0n) is 12.9. The van der Waals surface area contributed by atoms with Crippen LogP contribution in [0.2, 0.25) is 0 Å². The Morgan fingerprint density at radius 1 is 1.20 bits per heavy atom. The summed E-state index contributed by atoms with van der Waals surface area (Å²) in [5, 5.41) is 3.86. The van der Waals surface area contributed by atoms with E-state index in [1.165, 1.54) is 47.7 Å². The van der Waals surface area contributed by atoms with Crippen LogP contribution in [0.1, 0.15) is 64.0 Å². The molecule has 0 amide bonds. The first-order chi connectivity index (χ1) is 9.77. The average molecular weight is 385 g/mol. The van der Waals surface area contributed by atoms with Gasteiger partial charge < -0.3 is 5.32 Å². The Bertz CT molecular complexity index is 404. The highest BCUT2D eigenvalue weighted by atomic mass is 127. The molecule has 0 radical (unpaired) electrons.